The monoisotopic (exact) mass is 314 g/mol. The molecule has 108 valence electrons. The Labute approximate surface area is 128 Å². The standard InChI is InChI=1S/C14H16Cl2N2O2/c1-8-3-4-17-18-13(8)10-5-11(15)14(12(16)6-10)20-7-9(2)19/h5-6,8,17H,3-4,7H2,1-2H3. The van der Waals surface area contributed by atoms with E-state index in [-0.39, 0.29) is 12.4 Å². The second kappa shape index (κ2) is 6.46. The van der Waals surface area contributed by atoms with Crippen LogP contribution in [-0.4, -0.2) is 24.6 Å². The zero-order valence-corrected chi connectivity index (χ0v) is 12.9. The van der Waals surface area contributed by atoms with Crippen LogP contribution in [0, 0.1) is 5.92 Å². The molecule has 1 N–H and O–H groups in total. The van der Waals surface area contributed by atoms with E-state index in [4.69, 9.17) is 27.9 Å². The summed E-state index contributed by atoms with van der Waals surface area (Å²) in [6.45, 7) is 4.38. The van der Waals surface area contributed by atoms with Gasteiger partial charge in [-0.3, -0.25) is 4.79 Å². The van der Waals surface area contributed by atoms with Crippen LogP contribution in [0.15, 0.2) is 17.2 Å². The number of hydrogen-bond acceptors (Lipinski definition) is 4. The minimum Gasteiger partial charge on any atom is -0.483 e. The lowest BCUT2D eigenvalue weighted by molar-refractivity contribution is -0.118. The molecule has 0 bridgehead atoms. The molecule has 4 nitrogen and oxygen atoms in total. The minimum atomic E-state index is -0.0873. The van der Waals surface area contributed by atoms with E-state index in [0.29, 0.717) is 21.7 Å². The van der Waals surface area contributed by atoms with E-state index >= 15 is 0 Å². The van der Waals surface area contributed by atoms with Crippen molar-refractivity contribution in [2.24, 2.45) is 11.0 Å². The Morgan fingerprint density at radius 2 is 2.10 bits per heavy atom. The topological polar surface area (TPSA) is 50.7 Å². The van der Waals surface area contributed by atoms with Gasteiger partial charge in [0.15, 0.2) is 11.5 Å². The molecule has 1 aromatic carbocycles. The van der Waals surface area contributed by atoms with Crippen molar-refractivity contribution in [3.05, 3.63) is 27.7 Å². The van der Waals surface area contributed by atoms with Gasteiger partial charge in [0.05, 0.1) is 15.8 Å². The van der Waals surface area contributed by atoms with Crippen LogP contribution in [-0.2, 0) is 4.79 Å². The molecule has 20 heavy (non-hydrogen) atoms. The fraction of sp³-hybridized carbons (Fsp3) is 0.429. The quantitative estimate of drug-likeness (QED) is 0.927. The average Bonchev–Trinajstić information content (AvgIpc) is 2.37. The number of ketones is 1. The van der Waals surface area contributed by atoms with E-state index in [9.17, 15) is 4.79 Å². The minimum absolute atomic E-state index is 0.0440. The lowest BCUT2D eigenvalue weighted by Crippen LogP contribution is -2.27. The lowest BCUT2D eigenvalue weighted by Gasteiger charge is -2.21. The number of Topliss-reactive ketones (excluding diaryl/α,β-unsaturated/α-hetero) is 1. The van der Waals surface area contributed by atoms with Crippen LogP contribution in [0.2, 0.25) is 10.0 Å². The van der Waals surface area contributed by atoms with E-state index in [1.807, 2.05) is 0 Å². The molecule has 0 radical (unpaired) electrons. The molecule has 0 aliphatic carbocycles. The third-order valence-electron chi connectivity index (χ3n) is 3.07. The number of nitrogens with zero attached hydrogens (tertiary/aromatic N) is 1. The van der Waals surface area contributed by atoms with E-state index in [1.54, 1.807) is 12.1 Å². The van der Waals surface area contributed by atoms with Crippen LogP contribution in [0.4, 0.5) is 0 Å². The summed E-state index contributed by atoms with van der Waals surface area (Å²) in [5.74, 6) is 0.590. The fourth-order valence-corrected chi connectivity index (χ4v) is 2.63. The zero-order chi connectivity index (χ0) is 14.7. The molecule has 6 heteroatoms. The molecule has 2 rings (SSSR count). The van der Waals surface area contributed by atoms with E-state index in [2.05, 4.69) is 17.5 Å². The van der Waals surface area contributed by atoms with Crippen LogP contribution >= 0.6 is 23.2 Å². The predicted octanol–water partition coefficient (Wildman–Crippen LogP) is 3.29. The van der Waals surface area contributed by atoms with Gasteiger partial charge in [0, 0.05) is 18.0 Å². The molecule has 0 fully saturated rings. The number of benzene rings is 1. The summed E-state index contributed by atoms with van der Waals surface area (Å²) >= 11 is 12.4. The summed E-state index contributed by atoms with van der Waals surface area (Å²) in [5.41, 5.74) is 4.78. The number of rotatable bonds is 4. The maximum Gasteiger partial charge on any atom is 0.167 e. The van der Waals surface area contributed by atoms with Crippen molar-refractivity contribution in [1.82, 2.24) is 5.43 Å². The molecule has 1 aromatic rings. The first kappa shape index (κ1) is 15.1. The summed E-state index contributed by atoms with van der Waals surface area (Å²) < 4.78 is 5.33. The van der Waals surface area contributed by atoms with Crippen molar-refractivity contribution < 1.29 is 9.53 Å². The highest BCUT2D eigenvalue weighted by Crippen LogP contribution is 2.35. The highest BCUT2D eigenvalue weighted by atomic mass is 35.5. The number of nitrogens with one attached hydrogen (secondary N) is 1. The largest absolute Gasteiger partial charge is 0.483 e. The van der Waals surface area contributed by atoms with Gasteiger partial charge >= 0.3 is 0 Å². The van der Waals surface area contributed by atoms with Crippen LogP contribution in [0.3, 0.4) is 0 Å². The Morgan fingerprint density at radius 3 is 2.65 bits per heavy atom. The van der Waals surface area contributed by atoms with E-state index in [1.165, 1.54) is 6.92 Å². The van der Waals surface area contributed by atoms with Gasteiger partial charge in [-0.15, -0.1) is 0 Å². The summed E-state index contributed by atoms with van der Waals surface area (Å²) in [6, 6.07) is 3.54. The molecule has 1 heterocycles. The summed E-state index contributed by atoms with van der Waals surface area (Å²) in [4.78, 5) is 11.0. The molecule has 1 atom stereocenters. The SMILES string of the molecule is CC(=O)COc1c(Cl)cc(C2=NNCCC2C)cc1Cl. The Bertz CT molecular complexity index is 535. The smallest absolute Gasteiger partial charge is 0.167 e. The summed E-state index contributed by atoms with van der Waals surface area (Å²) in [5, 5.41) is 5.09. The lowest BCUT2D eigenvalue weighted by atomic mass is 9.94. The van der Waals surface area contributed by atoms with Gasteiger partial charge in [0.25, 0.3) is 0 Å². The van der Waals surface area contributed by atoms with Gasteiger partial charge in [0.1, 0.15) is 6.61 Å². The zero-order valence-electron chi connectivity index (χ0n) is 11.4. The van der Waals surface area contributed by atoms with Crippen molar-refractivity contribution >= 4 is 34.7 Å². The van der Waals surface area contributed by atoms with E-state index in [0.717, 1.165) is 24.2 Å². The normalized spacial score (nSPS) is 18.2. The van der Waals surface area contributed by atoms with Crippen LogP contribution < -0.4 is 10.2 Å². The first-order valence-electron chi connectivity index (χ1n) is 6.41. The average molecular weight is 315 g/mol. The Morgan fingerprint density at radius 1 is 1.45 bits per heavy atom. The number of halogens is 2. The van der Waals surface area contributed by atoms with Crippen LogP contribution in [0.5, 0.6) is 5.75 Å². The van der Waals surface area contributed by atoms with Gasteiger partial charge in [-0.25, -0.2) is 0 Å². The number of hydrogen-bond donors (Lipinski definition) is 1. The molecular formula is C14H16Cl2N2O2. The fourth-order valence-electron chi connectivity index (χ4n) is 2.04. The molecule has 0 aromatic heterocycles. The molecule has 1 aliphatic rings. The highest BCUT2D eigenvalue weighted by molar-refractivity contribution is 6.37. The number of ether oxygens (including phenoxy) is 1. The molecule has 1 aliphatic heterocycles. The van der Waals surface area contributed by atoms with Crippen LogP contribution in [0.25, 0.3) is 0 Å². The molecule has 0 saturated heterocycles. The summed E-state index contributed by atoms with van der Waals surface area (Å²) in [7, 11) is 0. The van der Waals surface area contributed by atoms with Crippen molar-refractivity contribution in [1.29, 1.82) is 0 Å². The first-order chi connectivity index (χ1) is 9.49. The van der Waals surface area contributed by atoms with E-state index < -0.39 is 0 Å². The van der Waals surface area contributed by atoms with Gasteiger partial charge in [-0.2, -0.15) is 5.10 Å². The van der Waals surface area contributed by atoms with Crippen molar-refractivity contribution in [3.8, 4) is 5.75 Å². The van der Waals surface area contributed by atoms with Crippen molar-refractivity contribution in [2.75, 3.05) is 13.2 Å². The first-order valence-corrected chi connectivity index (χ1v) is 7.16. The molecule has 0 saturated carbocycles. The third kappa shape index (κ3) is 3.44. The Hall–Kier alpha value is -1.26. The second-order valence-electron chi connectivity index (χ2n) is 4.85. The maximum atomic E-state index is 11.0. The number of carbonyl (C=O) groups is 1. The van der Waals surface area contributed by atoms with Crippen molar-refractivity contribution in [2.45, 2.75) is 20.3 Å². The predicted molar refractivity (Wildman–Crippen MR) is 81.0 cm³/mol. The molecular weight excluding hydrogens is 299 g/mol. The maximum absolute atomic E-state index is 11.0. The van der Waals surface area contributed by atoms with Gasteiger partial charge in [0.2, 0.25) is 0 Å². The molecule has 0 amide bonds. The second-order valence-corrected chi connectivity index (χ2v) is 5.67. The number of carbonyl (C=O) groups excluding carboxylic acids is 1. The highest BCUT2D eigenvalue weighted by Gasteiger charge is 2.19. The molecule has 0 spiro atoms. The Balaban J connectivity index is 2.30. The third-order valence-corrected chi connectivity index (χ3v) is 3.63. The summed E-state index contributed by atoms with van der Waals surface area (Å²) in [6.07, 6.45) is 1.01. The van der Waals surface area contributed by atoms with Crippen molar-refractivity contribution in [3.63, 3.8) is 0 Å². The Kier molecular flexibility index (Phi) is 4.89. The molecule has 1 unspecified atom stereocenters. The number of hydrazone groups is 1. The van der Waals surface area contributed by atoms with Crippen LogP contribution in [0.1, 0.15) is 25.8 Å². The van der Waals surface area contributed by atoms with Gasteiger partial charge in [-0.05, 0) is 25.5 Å². The van der Waals surface area contributed by atoms with Gasteiger partial charge in [-0.1, -0.05) is 30.1 Å². The van der Waals surface area contributed by atoms with Gasteiger partial charge < -0.3 is 10.2 Å².